The number of piperazine rings is 1. The summed E-state index contributed by atoms with van der Waals surface area (Å²) in [6.45, 7) is 5.04. The number of primary amides is 1. The molecule has 1 aromatic carbocycles. The third-order valence-electron chi connectivity index (χ3n) is 4.67. The standard InChI is InChI=1S/C19H23ClN6O2/c1-3-14-16(20)24-18(15(23-14)17(21)27)22-13-6-4-12(5-7-13)19(28)26-10-8-25(2)9-11-26/h4-7H,3,8-11H2,1-2H3,(H2,21,27)(H,22,24). The van der Waals surface area contributed by atoms with Gasteiger partial charge in [-0.3, -0.25) is 9.59 Å². The van der Waals surface area contributed by atoms with E-state index in [9.17, 15) is 9.59 Å². The molecule has 2 aromatic rings. The number of aryl methyl sites for hydroxylation is 1. The maximum atomic E-state index is 12.6. The Labute approximate surface area is 168 Å². The lowest BCUT2D eigenvalue weighted by Gasteiger charge is -2.32. The molecule has 0 bridgehead atoms. The van der Waals surface area contributed by atoms with Crippen LogP contribution < -0.4 is 11.1 Å². The summed E-state index contributed by atoms with van der Waals surface area (Å²) in [6, 6.07) is 6.97. The molecule has 3 N–H and O–H groups in total. The number of hydrogen-bond acceptors (Lipinski definition) is 6. The molecule has 0 aliphatic carbocycles. The molecular weight excluding hydrogens is 380 g/mol. The van der Waals surface area contributed by atoms with Gasteiger partial charge in [0, 0.05) is 37.4 Å². The van der Waals surface area contributed by atoms with Gasteiger partial charge in [0.25, 0.3) is 11.8 Å². The number of likely N-dealkylation sites (N-methyl/N-ethyl adjacent to an activating group) is 1. The first-order valence-corrected chi connectivity index (χ1v) is 9.48. The average molecular weight is 403 g/mol. The van der Waals surface area contributed by atoms with Gasteiger partial charge in [-0.05, 0) is 37.7 Å². The number of aromatic nitrogens is 2. The van der Waals surface area contributed by atoms with E-state index in [4.69, 9.17) is 17.3 Å². The highest BCUT2D eigenvalue weighted by Crippen LogP contribution is 2.23. The van der Waals surface area contributed by atoms with E-state index in [1.165, 1.54) is 0 Å². The van der Waals surface area contributed by atoms with Gasteiger partial charge in [0.15, 0.2) is 16.7 Å². The van der Waals surface area contributed by atoms with Crippen LogP contribution in [-0.4, -0.2) is 64.8 Å². The molecule has 0 atom stereocenters. The topological polar surface area (TPSA) is 104 Å². The number of rotatable bonds is 5. The molecule has 3 rings (SSSR count). The van der Waals surface area contributed by atoms with Gasteiger partial charge in [-0.2, -0.15) is 0 Å². The van der Waals surface area contributed by atoms with Gasteiger partial charge in [0.05, 0.1) is 5.69 Å². The van der Waals surface area contributed by atoms with Crippen molar-refractivity contribution in [2.75, 3.05) is 38.5 Å². The molecule has 0 spiro atoms. The highest BCUT2D eigenvalue weighted by molar-refractivity contribution is 6.30. The van der Waals surface area contributed by atoms with Crippen molar-refractivity contribution in [2.24, 2.45) is 5.73 Å². The zero-order chi connectivity index (χ0) is 20.3. The van der Waals surface area contributed by atoms with Crippen LogP contribution in [0.1, 0.15) is 33.5 Å². The van der Waals surface area contributed by atoms with E-state index in [0.717, 1.165) is 26.2 Å². The monoisotopic (exact) mass is 402 g/mol. The molecule has 1 saturated heterocycles. The first kappa shape index (κ1) is 20.0. The Bertz CT molecular complexity index is 879. The lowest BCUT2D eigenvalue weighted by atomic mass is 10.1. The van der Waals surface area contributed by atoms with Crippen LogP contribution in [-0.2, 0) is 6.42 Å². The number of nitrogens with zero attached hydrogens (tertiary/aromatic N) is 4. The number of carbonyl (C=O) groups is 2. The Morgan fingerprint density at radius 3 is 2.36 bits per heavy atom. The first-order valence-electron chi connectivity index (χ1n) is 9.10. The molecule has 2 heterocycles. The molecule has 8 nitrogen and oxygen atoms in total. The number of nitrogens with two attached hydrogens (primary N) is 1. The molecule has 28 heavy (non-hydrogen) atoms. The lowest BCUT2D eigenvalue weighted by molar-refractivity contribution is 0.0664. The van der Waals surface area contributed by atoms with Crippen LogP contribution in [0.2, 0.25) is 5.15 Å². The summed E-state index contributed by atoms with van der Waals surface area (Å²) in [5.41, 5.74) is 7.21. The molecule has 9 heteroatoms. The number of hydrogen-bond donors (Lipinski definition) is 2. The Balaban J connectivity index is 1.77. The lowest BCUT2D eigenvalue weighted by Crippen LogP contribution is -2.47. The molecule has 1 aromatic heterocycles. The second-order valence-corrected chi connectivity index (χ2v) is 7.03. The van der Waals surface area contributed by atoms with Crippen LogP contribution in [0.3, 0.4) is 0 Å². The normalized spacial score (nSPS) is 14.8. The zero-order valence-corrected chi connectivity index (χ0v) is 16.7. The number of halogens is 1. The summed E-state index contributed by atoms with van der Waals surface area (Å²) in [5.74, 6) is -0.497. The van der Waals surface area contributed by atoms with E-state index in [2.05, 4.69) is 20.2 Å². The van der Waals surface area contributed by atoms with Crippen molar-refractivity contribution in [1.82, 2.24) is 19.8 Å². The van der Waals surface area contributed by atoms with Crippen LogP contribution in [0.4, 0.5) is 11.5 Å². The van der Waals surface area contributed by atoms with Crippen molar-refractivity contribution in [2.45, 2.75) is 13.3 Å². The van der Waals surface area contributed by atoms with E-state index in [1.807, 2.05) is 18.9 Å². The third kappa shape index (κ3) is 4.40. The van der Waals surface area contributed by atoms with Crippen LogP contribution in [0.15, 0.2) is 24.3 Å². The van der Waals surface area contributed by atoms with E-state index in [0.29, 0.717) is 23.4 Å². The van der Waals surface area contributed by atoms with Crippen molar-refractivity contribution in [3.05, 3.63) is 46.4 Å². The predicted molar refractivity (Wildman–Crippen MR) is 108 cm³/mol. The van der Waals surface area contributed by atoms with Gasteiger partial charge in [0.1, 0.15) is 0 Å². The summed E-state index contributed by atoms with van der Waals surface area (Å²) in [4.78, 5) is 36.8. The minimum absolute atomic E-state index is 0.00705. The van der Waals surface area contributed by atoms with Gasteiger partial charge in [-0.25, -0.2) is 9.97 Å². The number of carbonyl (C=O) groups excluding carboxylic acids is 2. The smallest absolute Gasteiger partial charge is 0.271 e. The molecule has 148 valence electrons. The molecule has 1 aliphatic rings. The fourth-order valence-corrected chi connectivity index (χ4v) is 3.22. The molecule has 1 fully saturated rings. The van der Waals surface area contributed by atoms with Crippen LogP contribution >= 0.6 is 11.6 Å². The largest absolute Gasteiger partial charge is 0.364 e. The summed E-state index contributed by atoms with van der Waals surface area (Å²) < 4.78 is 0. The summed E-state index contributed by atoms with van der Waals surface area (Å²) in [6.07, 6.45) is 0.537. The zero-order valence-electron chi connectivity index (χ0n) is 15.9. The molecule has 0 radical (unpaired) electrons. The van der Waals surface area contributed by atoms with E-state index in [-0.39, 0.29) is 22.6 Å². The molecule has 1 aliphatic heterocycles. The number of amides is 2. The second-order valence-electron chi connectivity index (χ2n) is 6.67. The Morgan fingerprint density at radius 1 is 1.14 bits per heavy atom. The average Bonchev–Trinajstić information content (AvgIpc) is 2.68. The van der Waals surface area contributed by atoms with Gasteiger partial charge >= 0.3 is 0 Å². The minimum Gasteiger partial charge on any atom is -0.364 e. The Morgan fingerprint density at radius 2 is 1.79 bits per heavy atom. The van der Waals surface area contributed by atoms with Crippen molar-refractivity contribution >= 4 is 34.9 Å². The Hall–Kier alpha value is -2.71. The molecule has 0 saturated carbocycles. The molecular formula is C19H23ClN6O2. The number of anilines is 2. The summed E-state index contributed by atoms with van der Waals surface area (Å²) >= 11 is 6.12. The number of nitrogens with one attached hydrogen (secondary N) is 1. The van der Waals surface area contributed by atoms with Crippen molar-refractivity contribution < 1.29 is 9.59 Å². The maximum Gasteiger partial charge on any atom is 0.271 e. The first-order chi connectivity index (χ1) is 13.4. The van der Waals surface area contributed by atoms with E-state index in [1.54, 1.807) is 24.3 Å². The predicted octanol–water partition coefficient (Wildman–Crippen LogP) is 1.92. The molecule has 0 unspecified atom stereocenters. The summed E-state index contributed by atoms with van der Waals surface area (Å²) in [5, 5.41) is 3.23. The maximum absolute atomic E-state index is 12.6. The molecule has 2 amide bonds. The minimum atomic E-state index is -0.691. The van der Waals surface area contributed by atoms with Crippen molar-refractivity contribution in [3.63, 3.8) is 0 Å². The van der Waals surface area contributed by atoms with Gasteiger partial charge < -0.3 is 20.9 Å². The quantitative estimate of drug-likeness (QED) is 0.791. The summed E-state index contributed by atoms with van der Waals surface area (Å²) in [7, 11) is 2.05. The van der Waals surface area contributed by atoms with Gasteiger partial charge in [-0.15, -0.1) is 0 Å². The van der Waals surface area contributed by atoms with Gasteiger partial charge in [0.2, 0.25) is 0 Å². The highest BCUT2D eigenvalue weighted by Gasteiger charge is 2.20. The van der Waals surface area contributed by atoms with E-state index < -0.39 is 5.91 Å². The van der Waals surface area contributed by atoms with Gasteiger partial charge in [-0.1, -0.05) is 18.5 Å². The van der Waals surface area contributed by atoms with Crippen LogP contribution in [0.25, 0.3) is 0 Å². The fraction of sp³-hybridized carbons (Fsp3) is 0.368. The van der Waals surface area contributed by atoms with Crippen molar-refractivity contribution in [3.8, 4) is 0 Å². The highest BCUT2D eigenvalue weighted by atomic mass is 35.5. The fourth-order valence-electron chi connectivity index (χ4n) is 2.96. The van der Waals surface area contributed by atoms with Crippen LogP contribution in [0, 0.1) is 0 Å². The van der Waals surface area contributed by atoms with Crippen LogP contribution in [0.5, 0.6) is 0 Å². The SMILES string of the molecule is CCc1nc(C(N)=O)c(Nc2ccc(C(=O)N3CCN(C)CC3)cc2)nc1Cl. The van der Waals surface area contributed by atoms with E-state index >= 15 is 0 Å². The number of benzene rings is 1. The second kappa shape index (κ2) is 8.53. The Kier molecular flexibility index (Phi) is 6.11. The third-order valence-corrected chi connectivity index (χ3v) is 4.98. The van der Waals surface area contributed by atoms with Crippen molar-refractivity contribution in [1.29, 1.82) is 0 Å².